The van der Waals surface area contributed by atoms with Gasteiger partial charge in [0, 0.05) is 30.1 Å². The molecule has 0 aliphatic carbocycles. The molecular weight excluding hydrogens is 582 g/mol. The molecule has 5 rings (SSSR count). The highest BCUT2D eigenvalue weighted by atomic mass is 79.9. The van der Waals surface area contributed by atoms with Gasteiger partial charge in [-0.15, -0.1) is 0 Å². The fourth-order valence-corrected chi connectivity index (χ4v) is 7.43. The molecule has 1 unspecified atom stereocenters. The average molecular weight is 613 g/mol. The molecule has 8 nitrogen and oxygen atoms in total. The molecule has 2 heterocycles. The Morgan fingerprint density at radius 3 is 2.18 bits per heavy atom. The Morgan fingerprint density at radius 2 is 1.56 bits per heavy atom. The van der Waals surface area contributed by atoms with Gasteiger partial charge in [-0.25, -0.2) is 13.3 Å². The first-order valence-electron chi connectivity index (χ1n) is 12.8. The lowest BCUT2D eigenvalue weighted by molar-refractivity contribution is -0.122. The minimum absolute atomic E-state index is 0.0670. The summed E-state index contributed by atoms with van der Waals surface area (Å²) in [5.41, 5.74) is 1.62. The first-order valence-corrected chi connectivity index (χ1v) is 15.1. The number of amides is 2. The van der Waals surface area contributed by atoms with Gasteiger partial charge in [0.05, 0.1) is 24.1 Å². The number of halogens is 1. The molecule has 0 spiro atoms. The summed E-state index contributed by atoms with van der Waals surface area (Å²) in [5.74, 6) is -0.404. The summed E-state index contributed by atoms with van der Waals surface area (Å²) in [7, 11) is -2.59. The normalized spacial score (nSPS) is 19.2. The molecule has 0 saturated carbocycles. The minimum atomic E-state index is -4.10. The van der Waals surface area contributed by atoms with E-state index in [1.165, 1.54) is 29.1 Å². The third-order valence-corrected chi connectivity index (χ3v) is 9.82. The van der Waals surface area contributed by atoms with Gasteiger partial charge in [0.25, 0.3) is 5.91 Å². The monoisotopic (exact) mass is 611 g/mol. The van der Waals surface area contributed by atoms with Crippen molar-refractivity contribution in [2.75, 3.05) is 25.1 Å². The number of methoxy groups -OCH3 is 1. The Kier molecular flexibility index (Phi) is 8.18. The number of sulfonamides is 1. The van der Waals surface area contributed by atoms with Crippen LogP contribution in [0.3, 0.4) is 0 Å². The summed E-state index contributed by atoms with van der Waals surface area (Å²) < 4.78 is 35.6. The molecule has 10 heteroatoms. The third kappa shape index (κ3) is 5.79. The molecule has 2 aliphatic heterocycles. The Bertz CT molecular complexity index is 1420. The molecule has 0 bridgehead atoms. The van der Waals surface area contributed by atoms with Gasteiger partial charge in [0.1, 0.15) is 11.8 Å². The van der Waals surface area contributed by atoms with Crippen LogP contribution in [0.2, 0.25) is 0 Å². The van der Waals surface area contributed by atoms with Crippen LogP contribution < -0.4 is 9.64 Å². The van der Waals surface area contributed by atoms with E-state index < -0.39 is 33.9 Å². The standard InChI is InChI=1S/C29H30BrN3O5S/c1-38-25-11-13-26(14-12-25)39(36,37)33(24-15-17-31(18-16-24)20-21-5-3-2-4-6-21)27-19-28(34)32(29(27)35)23-9-7-22(30)8-10-23/h2-14,24,27H,15-20H2,1H3. The summed E-state index contributed by atoms with van der Waals surface area (Å²) in [6.45, 7) is 2.13. The first kappa shape index (κ1) is 27.5. The number of carbonyl (C=O) groups excluding carboxylic acids is 2. The lowest BCUT2D eigenvalue weighted by Gasteiger charge is -2.39. The smallest absolute Gasteiger partial charge is 0.252 e. The number of ether oxygens (including phenoxy) is 1. The van der Waals surface area contributed by atoms with Crippen molar-refractivity contribution in [2.24, 2.45) is 0 Å². The maximum Gasteiger partial charge on any atom is 0.252 e. The number of hydrogen-bond acceptors (Lipinski definition) is 6. The molecule has 0 radical (unpaired) electrons. The Balaban J connectivity index is 1.44. The highest BCUT2D eigenvalue weighted by molar-refractivity contribution is 9.10. The highest BCUT2D eigenvalue weighted by Crippen LogP contribution is 2.34. The fraction of sp³-hybridized carbons (Fsp3) is 0.310. The van der Waals surface area contributed by atoms with Gasteiger partial charge in [-0.1, -0.05) is 46.3 Å². The molecule has 204 valence electrons. The van der Waals surface area contributed by atoms with Crippen molar-refractivity contribution >= 4 is 43.5 Å². The topological polar surface area (TPSA) is 87.2 Å². The van der Waals surface area contributed by atoms with E-state index in [4.69, 9.17) is 4.74 Å². The molecule has 1 atom stereocenters. The second kappa shape index (κ2) is 11.6. The van der Waals surface area contributed by atoms with Crippen LogP contribution in [0.1, 0.15) is 24.8 Å². The molecule has 3 aromatic carbocycles. The fourth-order valence-electron chi connectivity index (χ4n) is 5.34. The van der Waals surface area contributed by atoms with E-state index in [1.54, 1.807) is 36.4 Å². The third-order valence-electron chi connectivity index (χ3n) is 7.32. The Morgan fingerprint density at radius 1 is 0.923 bits per heavy atom. The SMILES string of the molecule is COc1ccc(S(=O)(=O)N(C2CCN(Cc3ccccc3)CC2)C2CC(=O)N(c3ccc(Br)cc3)C2=O)cc1. The number of rotatable bonds is 8. The Labute approximate surface area is 237 Å². The summed E-state index contributed by atoms with van der Waals surface area (Å²) in [6.07, 6.45) is 0.908. The largest absolute Gasteiger partial charge is 0.497 e. The van der Waals surface area contributed by atoms with Crippen LogP contribution in [0, 0.1) is 0 Å². The summed E-state index contributed by atoms with van der Waals surface area (Å²) in [5, 5.41) is 0. The van der Waals surface area contributed by atoms with Crippen molar-refractivity contribution in [3.05, 3.63) is 88.9 Å². The van der Waals surface area contributed by atoms with Crippen LogP contribution in [-0.4, -0.2) is 61.7 Å². The molecule has 2 aliphatic rings. The molecule has 0 N–H and O–H groups in total. The van der Waals surface area contributed by atoms with Crippen LogP contribution in [0.15, 0.2) is 88.2 Å². The molecule has 0 aromatic heterocycles. The van der Waals surface area contributed by atoms with E-state index in [2.05, 4.69) is 33.0 Å². The summed E-state index contributed by atoms with van der Waals surface area (Å²) >= 11 is 3.37. The van der Waals surface area contributed by atoms with E-state index in [1.807, 2.05) is 18.2 Å². The molecule has 2 saturated heterocycles. The number of nitrogens with zero attached hydrogens (tertiary/aromatic N) is 3. The number of anilines is 1. The number of hydrogen-bond donors (Lipinski definition) is 0. The molecular formula is C29H30BrN3O5S. The molecule has 2 amide bonds. The second-order valence-electron chi connectivity index (χ2n) is 9.77. The van der Waals surface area contributed by atoms with Crippen molar-refractivity contribution < 1.29 is 22.7 Å². The number of piperidine rings is 1. The summed E-state index contributed by atoms with van der Waals surface area (Å²) in [6, 6.07) is 21.6. The van der Waals surface area contributed by atoms with E-state index in [0.29, 0.717) is 37.4 Å². The van der Waals surface area contributed by atoms with E-state index in [0.717, 1.165) is 15.9 Å². The van der Waals surface area contributed by atoms with E-state index >= 15 is 0 Å². The highest BCUT2D eigenvalue weighted by Gasteiger charge is 2.49. The van der Waals surface area contributed by atoms with Crippen molar-refractivity contribution in [2.45, 2.75) is 42.8 Å². The quantitative estimate of drug-likeness (QED) is 0.350. The summed E-state index contributed by atoms with van der Waals surface area (Å²) in [4.78, 5) is 30.3. The van der Waals surface area contributed by atoms with Gasteiger partial charge in [-0.05, 0) is 66.9 Å². The lowest BCUT2D eigenvalue weighted by atomic mass is 10.0. The molecule has 39 heavy (non-hydrogen) atoms. The molecule has 3 aromatic rings. The predicted octanol–water partition coefficient (Wildman–Crippen LogP) is 4.45. The number of carbonyl (C=O) groups is 2. The van der Waals surface area contributed by atoms with E-state index in [-0.39, 0.29) is 11.3 Å². The van der Waals surface area contributed by atoms with Crippen molar-refractivity contribution in [1.82, 2.24) is 9.21 Å². The van der Waals surface area contributed by atoms with Crippen LogP contribution in [0.4, 0.5) is 5.69 Å². The second-order valence-corrected chi connectivity index (χ2v) is 12.5. The maximum absolute atomic E-state index is 14.1. The van der Waals surface area contributed by atoms with Gasteiger partial charge in [0.15, 0.2) is 0 Å². The van der Waals surface area contributed by atoms with Crippen LogP contribution in [-0.2, 0) is 26.2 Å². The van der Waals surface area contributed by atoms with Crippen LogP contribution in [0.25, 0.3) is 0 Å². The number of imide groups is 1. The van der Waals surface area contributed by atoms with Crippen molar-refractivity contribution in [1.29, 1.82) is 0 Å². The van der Waals surface area contributed by atoms with E-state index in [9.17, 15) is 18.0 Å². The van der Waals surface area contributed by atoms with Gasteiger partial charge >= 0.3 is 0 Å². The zero-order valence-corrected chi connectivity index (χ0v) is 24.0. The predicted molar refractivity (Wildman–Crippen MR) is 152 cm³/mol. The van der Waals surface area contributed by atoms with Gasteiger partial charge < -0.3 is 4.74 Å². The average Bonchev–Trinajstić information content (AvgIpc) is 3.23. The van der Waals surface area contributed by atoms with Gasteiger partial charge in [0.2, 0.25) is 15.9 Å². The minimum Gasteiger partial charge on any atom is -0.497 e. The molecule has 2 fully saturated rings. The zero-order valence-electron chi connectivity index (χ0n) is 21.6. The van der Waals surface area contributed by atoms with Crippen LogP contribution >= 0.6 is 15.9 Å². The van der Waals surface area contributed by atoms with Crippen LogP contribution in [0.5, 0.6) is 5.75 Å². The van der Waals surface area contributed by atoms with Gasteiger partial charge in [-0.2, -0.15) is 4.31 Å². The number of benzene rings is 3. The number of likely N-dealkylation sites (tertiary alicyclic amines) is 1. The Hall–Kier alpha value is -3.05. The van der Waals surface area contributed by atoms with Crippen molar-refractivity contribution in [3.63, 3.8) is 0 Å². The van der Waals surface area contributed by atoms with Crippen molar-refractivity contribution in [3.8, 4) is 5.75 Å². The zero-order chi connectivity index (χ0) is 27.6. The first-order chi connectivity index (χ1) is 18.8. The maximum atomic E-state index is 14.1. The lowest BCUT2D eigenvalue weighted by Crippen LogP contribution is -2.53. The van der Waals surface area contributed by atoms with Gasteiger partial charge in [-0.3, -0.25) is 14.5 Å².